The summed E-state index contributed by atoms with van der Waals surface area (Å²) in [5.74, 6) is -1.43. The third-order valence-corrected chi connectivity index (χ3v) is 8.46. The van der Waals surface area contributed by atoms with Crippen LogP contribution in [0.3, 0.4) is 0 Å². The molecule has 1 unspecified atom stereocenters. The predicted octanol–water partition coefficient (Wildman–Crippen LogP) is 12.0. The standard InChI is InChI=1S/C40H72O6/c1-3-5-7-9-10-11-12-13-14-15-16-19-22-25-29-33-40(44)46-37(31-27-8-6-4-2)32-28-24-21-18-17-20-23-26-30-36-45-39(43)35-34-38(41)42/h13-14,24,28,37H,3-12,15-23,25-27,29-36H2,1-2H3,(H,41,42)/b14-13-,28-24-. The molecule has 46 heavy (non-hydrogen) atoms. The van der Waals surface area contributed by atoms with Crippen LogP contribution in [-0.2, 0) is 23.9 Å². The van der Waals surface area contributed by atoms with Crippen LogP contribution in [-0.4, -0.2) is 35.7 Å². The second-order valence-electron chi connectivity index (χ2n) is 13.0. The topological polar surface area (TPSA) is 89.9 Å². The SMILES string of the molecule is CCCCCCCC/C=C\CCCCCCCC(=O)OC(C/C=C\CCCCCCCCOC(=O)CCC(=O)O)CCCCCC. The Balaban J connectivity index is 3.91. The van der Waals surface area contributed by atoms with Crippen molar-refractivity contribution in [1.29, 1.82) is 0 Å². The predicted molar refractivity (Wildman–Crippen MR) is 192 cm³/mol. The van der Waals surface area contributed by atoms with Gasteiger partial charge < -0.3 is 14.6 Å². The zero-order valence-corrected chi connectivity index (χ0v) is 30.1. The molecule has 0 radical (unpaired) electrons. The summed E-state index contributed by atoms with van der Waals surface area (Å²) in [6.07, 6.45) is 39.9. The Hall–Kier alpha value is -2.11. The molecule has 6 heteroatoms. The molecule has 0 rings (SSSR count). The number of allylic oxidation sites excluding steroid dienone is 3. The molecular formula is C40H72O6. The monoisotopic (exact) mass is 649 g/mol. The third-order valence-electron chi connectivity index (χ3n) is 8.46. The number of hydrogen-bond acceptors (Lipinski definition) is 5. The molecule has 1 N–H and O–H groups in total. The van der Waals surface area contributed by atoms with Crippen molar-refractivity contribution in [3.63, 3.8) is 0 Å². The Morgan fingerprint density at radius 1 is 0.522 bits per heavy atom. The van der Waals surface area contributed by atoms with Crippen molar-refractivity contribution < 1.29 is 29.0 Å². The number of aliphatic carboxylic acids is 1. The molecule has 0 aromatic carbocycles. The van der Waals surface area contributed by atoms with Crippen LogP contribution >= 0.6 is 0 Å². The minimum absolute atomic E-state index is 0.00182. The molecule has 0 bridgehead atoms. The maximum Gasteiger partial charge on any atom is 0.306 e. The van der Waals surface area contributed by atoms with Crippen LogP contribution in [0, 0.1) is 0 Å². The molecule has 0 aromatic rings. The molecule has 0 heterocycles. The number of esters is 2. The average Bonchev–Trinajstić information content (AvgIpc) is 3.04. The highest BCUT2D eigenvalue weighted by molar-refractivity contribution is 5.76. The molecule has 6 nitrogen and oxygen atoms in total. The lowest BCUT2D eigenvalue weighted by molar-refractivity contribution is -0.149. The van der Waals surface area contributed by atoms with E-state index >= 15 is 0 Å². The Bertz CT molecular complexity index is 759. The van der Waals surface area contributed by atoms with Crippen molar-refractivity contribution >= 4 is 17.9 Å². The Morgan fingerprint density at radius 3 is 1.57 bits per heavy atom. The number of unbranched alkanes of at least 4 members (excludes halogenated alkanes) is 20. The van der Waals surface area contributed by atoms with Gasteiger partial charge >= 0.3 is 17.9 Å². The highest BCUT2D eigenvalue weighted by Crippen LogP contribution is 2.16. The summed E-state index contributed by atoms with van der Waals surface area (Å²) in [6, 6.07) is 0. The summed E-state index contributed by atoms with van der Waals surface area (Å²) >= 11 is 0. The van der Waals surface area contributed by atoms with Crippen LogP contribution in [0.1, 0.15) is 200 Å². The normalized spacial score (nSPS) is 12.2. The summed E-state index contributed by atoms with van der Waals surface area (Å²) in [4.78, 5) is 34.4. The fourth-order valence-electron chi connectivity index (χ4n) is 5.51. The van der Waals surface area contributed by atoms with Gasteiger partial charge in [-0.1, -0.05) is 134 Å². The van der Waals surface area contributed by atoms with Gasteiger partial charge in [-0.2, -0.15) is 0 Å². The summed E-state index contributed by atoms with van der Waals surface area (Å²) < 4.78 is 11.0. The first kappa shape index (κ1) is 43.9. The Kier molecular flexibility index (Phi) is 34.1. The fraction of sp³-hybridized carbons (Fsp3) is 0.825. The minimum Gasteiger partial charge on any atom is -0.481 e. The molecule has 0 aliphatic heterocycles. The van der Waals surface area contributed by atoms with Gasteiger partial charge in [0.05, 0.1) is 19.4 Å². The van der Waals surface area contributed by atoms with E-state index in [1.165, 1.54) is 96.3 Å². The van der Waals surface area contributed by atoms with E-state index in [4.69, 9.17) is 14.6 Å². The molecule has 0 amide bonds. The highest BCUT2D eigenvalue weighted by Gasteiger charge is 2.13. The number of carbonyl (C=O) groups excluding carboxylic acids is 2. The molecule has 0 aromatic heterocycles. The second kappa shape index (κ2) is 35.7. The van der Waals surface area contributed by atoms with Crippen LogP contribution < -0.4 is 0 Å². The van der Waals surface area contributed by atoms with E-state index < -0.39 is 11.9 Å². The number of carboxylic acids is 1. The number of ether oxygens (including phenoxy) is 2. The largest absolute Gasteiger partial charge is 0.481 e. The number of carboxylic acid groups (broad SMARTS) is 1. The molecular weight excluding hydrogens is 576 g/mol. The molecule has 0 spiro atoms. The van der Waals surface area contributed by atoms with Crippen molar-refractivity contribution in [2.24, 2.45) is 0 Å². The zero-order chi connectivity index (χ0) is 33.8. The van der Waals surface area contributed by atoms with Crippen molar-refractivity contribution in [3.8, 4) is 0 Å². The van der Waals surface area contributed by atoms with Crippen molar-refractivity contribution in [3.05, 3.63) is 24.3 Å². The lowest BCUT2D eigenvalue weighted by Gasteiger charge is -2.16. The molecule has 0 saturated carbocycles. The summed E-state index contributed by atoms with van der Waals surface area (Å²) in [5.41, 5.74) is 0. The van der Waals surface area contributed by atoms with Crippen molar-refractivity contribution in [2.45, 2.75) is 206 Å². The van der Waals surface area contributed by atoms with Gasteiger partial charge in [0.25, 0.3) is 0 Å². The zero-order valence-electron chi connectivity index (χ0n) is 30.1. The van der Waals surface area contributed by atoms with E-state index in [2.05, 4.69) is 38.2 Å². The summed E-state index contributed by atoms with van der Waals surface area (Å²) in [6.45, 7) is 4.87. The van der Waals surface area contributed by atoms with E-state index in [0.717, 1.165) is 70.6 Å². The first-order valence-electron chi connectivity index (χ1n) is 19.4. The molecule has 0 aliphatic carbocycles. The molecule has 268 valence electrons. The number of carbonyl (C=O) groups is 3. The maximum absolute atomic E-state index is 12.6. The average molecular weight is 649 g/mol. The van der Waals surface area contributed by atoms with E-state index in [1.807, 2.05) is 0 Å². The van der Waals surface area contributed by atoms with Gasteiger partial charge in [-0.05, 0) is 64.2 Å². The van der Waals surface area contributed by atoms with Crippen LogP contribution in [0.15, 0.2) is 24.3 Å². The van der Waals surface area contributed by atoms with Gasteiger partial charge in [-0.15, -0.1) is 0 Å². The summed E-state index contributed by atoms with van der Waals surface area (Å²) in [7, 11) is 0. The lowest BCUT2D eigenvalue weighted by Crippen LogP contribution is -2.17. The smallest absolute Gasteiger partial charge is 0.306 e. The quantitative estimate of drug-likeness (QED) is 0.0418. The minimum atomic E-state index is -0.975. The highest BCUT2D eigenvalue weighted by atomic mass is 16.5. The van der Waals surface area contributed by atoms with Gasteiger partial charge in [-0.25, -0.2) is 0 Å². The number of hydrogen-bond donors (Lipinski definition) is 1. The lowest BCUT2D eigenvalue weighted by atomic mass is 10.1. The first-order valence-corrected chi connectivity index (χ1v) is 19.4. The van der Waals surface area contributed by atoms with Gasteiger partial charge in [0, 0.05) is 12.8 Å². The van der Waals surface area contributed by atoms with E-state index in [0.29, 0.717) is 13.0 Å². The van der Waals surface area contributed by atoms with E-state index in [1.54, 1.807) is 0 Å². The van der Waals surface area contributed by atoms with Gasteiger partial charge in [-0.3, -0.25) is 14.4 Å². The van der Waals surface area contributed by atoms with E-state index in [-0.39, 0.29) is 24.9 Å². The van der Waals surface area contributed by atoms with Crippen molar-refractivity contribution in [2.75, 3.05) is 6.61 Å². The van der Waals surface area contributed by atoms with Gasteiger partial charge in [0.1, 0.15) is 6.10 Å². The van der Waals surface area contributed by atoms with Crippen LogP contribution in [0.4, 0.5) is 0 Å². The Morgan fingerprint density at radius 2 is 1.00 bits per heavy atom. The fourth-order valence-corrected chi connectivity index (χ4v) is 5.51. The third kappa shape index (κ3) is 34.8. The summed E-state index contributed by atoms with van der Waals surface area (Å²) in [5, 5.41) is 8.58. The Labute approximate surface area is 283 Å². The molecule has 1 atom stereocenters. The molecule has 0 saturated heterocycles. The second-order valence-corrected chi connectivity index (χ2v) is 13.0. The molecule has 0 fully saturated rings. The van der Waals surface area contributed by atoms with Gasteiger partial charge in [0.15, 0.2) is 0 Å². The van der Waals surface area contributed by atoms with E-state index in [9.17, 15) is 14.4 Å². The number of rotatable bonds is 35. The molecule has 0 aliphatic rings. The van der Waals surface area contributed by atoms with Crippen LogP contribution in [0.5, 0.6) is 0 Å². The van der Waals surface area contributed by atoms with Crippen LogP contribution in [0.2, 0.25) is 0 Å². The van der Waals surface area contributed by atoms with Crippen molar-refractivity contribution in [1.82, 2.24) is 0 Å². The van der Waals surface area contributed by atoms with Gasteiger partial charge in [0.2, 0.25) is 0 Å². The maximum atomic E-state index is 12.6. The first-order chi connectivity index (χ1) is 22.5. The van der Waals surface area contributed by atoms with Crippen LogP contribution in [0.25, 0.3) is 0 Å².